The molecule has 1 heterocycles. The number of nitrogens with zero attached hydrogens (tertiary/aromatic N) is 1. The summed E-state index contributed by atoms with van der Waals surface area (Å²) < 4.78 is 14.1. The van der Waals surface area contributed by atoms with Crippen molar-refractivity contribution in [2.45, 2.75) is 19.9 Å². The number of Topliss-reactive ketones (excluding diaryl/α,β-unsaturated/α-hetero) is 1. The summed E-state index contributed by atoms with van der Waals surface area (Å²) in [5.74, 6) is -2.10. The average molecular weight is 476 g/mol. The van der Waals surface area contributed by atoms with Crippen molar-refractivity contribution < 1.29 is 24.0 Å². The molecule has 1 fully saturated rings. The van der Waals surface area contributed by atoms with Gasteiger partial charge in [-0.05, 0) is 55.8 Å². The summed E-state index contributed by atoms with van der Waals surface area (Å²) in [6.07, 6.45) is 0. The molecule has 1 atom stereocenters. The van der Waals surface area contributed by atoms with E-state index in [-0.39, 0.29) is 11.3 Å². The van der Waals surface area contributed by atoms with Crippen LogP contribution in [0.1, 0.15) is 31.0 Å². The van der Waals surface area contributed by atoms with E-state index in [1.165, 1.54) is 34.1 Å². The first-order chi connectivity index (χ1) is 14.4. The standard InChI is InChI=1S/C23H24BrFN2O3/c1-3-26(4-2)12-13-27-20(16-6-5-7-17(24)14-16)19(22(29)23(27)30)21(28)15-8-10-18(25)11-9-15/h5-11,14,20,28H,3-4,12-13H2,1-2H3/p+1/t20-/m0/s1. The van der Waals surface area contributed by atoms with E-state index in [0.29, 0.717) is 18.7 Å². The number of rotatable bonds is 7. The van der Waals surface area contributed by atoms with Crippen molar-refractivity contribution in [2.24, 2.45) is 0 Å². The van der Waals surface area contributed by atoms with Crippen LogP contribution < -0.4 is 4.90 Å². The van der Waals surface area contributed by atoms with Gasteiger partial charge in [-0.1, -0.05) is 28.1 Å². The lowest BCUT2D eigenvalue weighted by atomic mass is 9.95. The van der Waals surface area contributed by atoms with Gasteiger partial charge in [0, 0.05) is 10.0 Å². The molecule has 1 saturated heterocycles. The SMILES string of the molecule is CC[NH+](CC)CCN1C(=O)C(=O)C(=C(O)c2ccc(F)cc2)[C@@H]1c1cccc(Br)c1. The van der Waals surface area contributed by atoms with Crippen molar-refractivity contribution >= 4 is 33.4 Å². The van der Waals surface area contributed by atoms with E-state index < -0.39 is 23.5 Å². The van der Waals surface area contributed by atoms with Crippen molar-refractivity contribution in [3.63, 3.8) is 0 Å². The predicted octanol–water partition coefficient (Wildman–Crippen LogP) is 2.93. The number of carbonyl (C=O) groups excluding carboxylic acids is 2. The molecule has 7 heteroatoms. The molecule has 1 amide bonds. The molecule has 158 valence electrons. The largest absolute Gasteiger partial charge is 0.507 e. The number of likely N-dealkylation sites (N-methyl/N-ethyl adjacent to an activating group) is 1. The molecule has 0 unspecified atom stereocenters. The summed E-state index contributed by atoms with van der Waals surface area (Å²) in [4.78, 5) is 28.7. The third kappa shape index (κ3) is 4.47. The monoisotopic (exact) mass is 475 g/mol. The zero-order valence-corrected chi connectivity index (χ0v) is 18.6. The van der Waals surface area contributed by atoms with E-state index in [4.69, 9.17) is 0 Å². The summed E-state index contributed by atoms with van der Waals surface area (Å²) in [6.45, 7) is 7.07. The van der Waals surface area contributed by atoms with Gasteiger partial charge in [0.2, 0.25) is 0 Å². The minimum absolute atomic E-state index is 0.0271. The van der Waals surface area contributed by atoms with Crippen LogP contribution >= 0.6 is 15.9 Å². The third-order valence-electron chi connectivity index (χ3n) is 5.53. The van der Waals surface area contributed by atoms with E-state index in [9.17, 15) is 19.1 Å². The number of hydrogen-bond donors (Lipinski definition) is 2. The Kier molecular flexibility index (Phi) is 7.05. The molecule has 0 bridgehead atoms. The van der Waals surface area contributed by atoms with Crippen molar-refractivity contribution in [1.82, 2.24) is 4.90 Å². The number of ketones is 1. The number of aliphatic hydroxyl groups is 1. The summed E-state index contributed by atoms with van der Waals surface area (Å²) in [5, 5.41) is 10.9. The molecule has 30 heavy (non-hydrogen) atoms. The lowest BCUT2D eigenvalue weighted by Crippen LogP contribution is -3.12. The van der Waals surface area contributed by atoms with Crippen LogP contribution in [0, 0.1) is 5.82 Å². The fraction of sp³-hybridized carbons (Fsp3) is 0.304. The van der Waals surface area contributed by atoms with Crippen LogP contribution in [0.4, 0.5) is 4.39 Å². The van der Waals surface area contributed by atoms with Crippen molar-refractivity contribution in [2.75, 3.05) is 26.2 Å². The Balaban J connectivity index is 2.09. The van der Waals surface area contributed by atoms with Crippen LogP contribution in [-0.4, -0.2) is 47.9 Å². The number of benzene rings is 2. The molecule has 0 aliphatic carbocycles. The number of hydrogen-bond acceptors (Lipinski definition) is 3. The van der Waals surface area contributed by atoms with E-state index >= 15 is 0 Å². The highest BCUT2D eigenvalue weighted by molar-refractivity contribution is 9.10. The quantitative estimate of drug-likeness (QED) is 0.367. The smallest absolute Gasteiger partial charge is 0.295 e. The second-order valence-corrected chi connectivity index (χ2v) is 8.18. The van der Waals surface area contributed by atoms with Crippen LogP contribution in [0.25, 0.3) is 5.76 Å². The van der Waals surface area contributed by atoms with Crippen LogP contribution in [0.5, 0.6) is 0 Å². The first kappa shape index (κ1) is 22.2. The van der Waals surface area contributed by atoms with Gasteiger partial charge >= 0.3 is 0 Å². The number of halogens is 2. The zero-order valence-electron chi connectivity index (χ0n) is 17.0. The molecule has 0 aromatic heterocycles. The Morgan fingerprint density at radius 1 is 1.13 bits per heavy atom. The zero-order chi connectivity index (χ0) is 21.8. The average Bonchev–Trinajstić information content (AvgIpc) is 2.99. The Morgan fingerprint density at radius 2 is 1.80 bits per heavy atom. The predicted molar refractivity (Wildman–Crippen MR) is 116 cm³/mol. The second-order valence-electron chi connectivity index (χ2n) is 7.26. The van der Waals surface area contributed by atoms with Crippen LogP contribution in [0.15, 0.2) is 58.6 Å². The maximum absolute atomic E-state index is 13.3. The second kappa shape index (κ2) is 9.53. The van der Waals surface area contributed by atoms with Crippen LogP contribution in [0.2, 0.25) is 0 Å². The van der Waals surface area contributed by atoms with Gasteiger partial charge in [0.15, 0.2) is 0 Å². The van der Waals surface area contributed by atoms with E-state index in [2.05, 4.69) is 29.8 Å². The molecule has 1 aliphatic rings. The number of carbonyl (C=O) groups is 2. The van der Waals surface area contributed by atoms with Gasteiger partial charge in [-0.3, -0.25) is 9.59 Å². The van der Waals surface area contributed by atoms with Crippen LogP contribution in [0.3, 0.4) is 0 Å². The third-order valence-corrected chi connectivity index (χ3v) is 6.02. The summed E-state index contributed by atoms with van der Waals surface area (Å²) in [7, 11) is 0. The highest BCUT2D eigenvalue weighted by Gasteiger charge is 2.46. The lowest BCUT2D eigenvalue weighted by molar-refractivity contribution is -0.895. The van der Waals surface area contributed by atoms with Gasteiger partial charge in [0.1, 0.15) is 11.6 Å². The van der Waals surface area contributed by atoms with Gasteiger partial charge < -0.3 is 14.9 Å². The fourth-order valence-electron chi connectivity index (χ4n) is 3.78. The molecule has 5 nitrogen and oxygen atoms in total. The highest BCUT2D eigenvalue weighted by atomic mass is 79.9. The maximum atomic E-state index is 13.3. The summed E-state index contributed by atoms with van der Waals surface area (Å²) in [5.41, 5.74) is 1.05. The van der Waals surface area contributed by atoms with Crippen molar-refractivity contribution in [1.29, 1.82) is 0 Å². The Hall–Kier alpha value is -2.51. The maximum Gasteiger partial charge on any atom is 0.295 e. The molecular weight excluding hydrogens is 451 g/mol. The Bertz CT molecular complexity index is 971. The Morgan fingerprint density at radius 3 is 2.40 bits per heavy atom. The van der Waals surface area contributed by atoms with Crippen molar-refractivity contribution in [3.05, 3.63) is 75.5 Å². The van der Waals surface area contributed by atoms with Gasteiger partial charge in [-0.25, -0.2) is 4.39 Å². The lowest BCUT2D eigenvalue weighted by Gasteiger charge is -2.27. The Labute approximate surface area is 183 Å². The normalized spacial score (nSPS) is 18.4. The number of nitrogens with one attached hydrogen (secondary N) is 1. The van der Waals surface area contributed by atoms with E-state index in [1.54, 1.807) is 0 Å². The number of quaternary nitrogens is 1. The van der Waals surface area contributed by atoms with Gasteiger partial charge in [0.25, 0.3) is 11.7 Å². The highest BCUT2D eigenvalue weighted by Crippen LogP contribution is 2.39. The molecule has 2 N–H and O–H groups in total. The van der Waals surface area contributed by atoms with Crippen molar-refractivity contribution in [3.8, 4) is 0 Å². The van der Waals surface area contributed by atoms with Crippen LogP contribution in [-0.2, 0) is 9.59 Å². The topological polar surface area (TPSA) is 62.0 Å². The fourth-order valence-corrected chi connectivity index (χ4v) is 4.20. The molecule has 3 rings (SSSR count). The molecule has 0 saturated carbocycles. The molecule has 1 aliphatic heterocycles. The first-order valence-electron chi connectivity index (χ1n) is 10.0. The molecule has 0 radical (unpaired) electrons. The summed E-state index contributed by atoms with van der Waals surface area (Å²) in [6, 6.07) is 11.9. The van der Waals surface area contributed by atoms with Gasteiger partial charge in [-0.15, -0.1) is 0 Å². The molecule has 2 aromatic rings. The molecule has 0 spiro atoms. The summed E-state index contributed by atoms with van der Waals surface area (Å²) >= 11 is 3.44. The minimum atomic E-state index is -0.726. The van der Waals surface area contributed by atoms with E-state index in [1.807, 2.05) is 24.3 Å². The first-order valence-corrected chi connectivity index (χ1v) is 10.8. The molecular formula is C23H25BrFN2O3+. The molecule has 2 aromatic carbocycles. The van der Waals surface area contributed by atoms with E-state index in [0.717, 1.165) is 23.1 Å². The van der Waals surface area contributed by atoms with Gasteiger partial charge in [0.05, 0.1) is 37.8 Å². The number of amides is 1. The number of aliphatic hydroxyl groups excluding tert-OH is 1. The number of likely N-dealkylation sites (tertiary alicyclic amines) is 1. The van der Waals surface area contributed by atoms with Gasteiger partial charge in [-0.2, -0.15) is 0 Å². The minimum Gasteiger partial charge on any atom is -0.507 e.